The Morgan fingerprint density at radius 1 is 1.26 bits per heavy atom. The summed E-state index contributed by atoms with van der Waals surface area (Å²) in [6.07, 6.45) is 5.04. The average Bonchev–Trinajstić information content (AvgIpc) is 2.58. The lowest BCUT2D eigenvalue weighted by Crippen LogP contribution is -2.05. The molecule has 118 valence electrons. The quantitative estimate of drug-likeness (QED) is 0.302. The topological polar surface area (TPSA) is 71.8 Å². The van der Waals surface area contributed by atoms with Gasteiger partial charge in [0.1, 0.15) is 5.71 Å². The maximum Gasteiger partial charge on any atom is 0.333 e. The number of ether oxygens (including phenoxy) is 1. The van der Waals surface area contributed by atoms with E-state index in [1.165, 1.54) is 0 Å². The smallest absolute Gasteiger partial charge is 0.333 e. The highest BCUT2D eigenvalue weighted by Gasteiger charge is 2.08. The number of aromatic nitrogens is 1. The summed E-state index contributed by atoms with van der Waals surface area (Å²) in [6, 6.07) is 10.9. The van der Waals surface area contributed by atoms with Gasteiger partial charge >= 0.3 is 5.97 Å². The number of rotatable bonds is 5. The number of carbonyl (C=O) groups excluding carboxylic acids is 1. The van der Waals surface area contributed by atoms with Crippen LogP contribution in [0.5, 0.6) is 0 Å². The van der Waals surface area contributed by atoms with Crippen LogP contribution in [0.25, 0.3) is 6.08 Å². The lowest BCUT2D eigenvalue weighted by molar-refractivity contribution is -0.138. The Bertz CT molecular complexity index is 720. The van der Waals surface area contributed by atoms with Crippen LogP contribution in [0.4, 0.5) is 0 Å². The monoisotopic (exact) mass is 310 g/mol. The van der Waals surface area contributed by atoms with Crippen molar-refractivity contribution >= 4 is 17.8 Å². The molecule has 2 aromatic rings. The van der Waals surface area contributed by atoms with Crippen molar-refractivity contribution in [1.82, 2.24) is 4.98 Å². The SMILES string of the molecule is CCOC(=O)/C(C)=C/c1ccc(/C(=N/O)c2cccnc2)cc1. The summed E-state index contributed by atoms with van der Waals surface area (Å²) in [5, 5.41) is 12.6. The van der Waals surface area contributed by atoms with Gasteiger partial charge in [-0.15, -0.1) is 0 Å². The molecule has 1 aromatic carbocycles. The van der Waals surface area contributed by atoms with E-state index in [4.69, 9.17) is 4.74 Å². The molecule has 0 aliphatic rings. The van der Waals surface area contributed by atoms with Crippen LogP contribution in [-0.2, 0) is 9.53 Å². The van der Waals surface area contributed by atoms with Crippen LogP contribution in [0.2, 0.25) is 0 Å². The normalized spacial score (nSPS) is 12.1. The molecule has 0 aliphatic carbocycles. The molecule has 5 heteroatoms. The zero-order valence-electron chi connectivity index (χ0n) is 13.1. The van der Waals surface area contributed by atoms with Crippen LogP contribution in [0.1, 0.15) is 30.5 Å². The third-order valence-electron chi connectivity index (χ3n) is 3.20. The number of benzene rings is 1. The van der Waals surface area contributed by atoms with E-state index in [1.54, 1.807) is 38.4 Å². The summed E-state index contributed by atoms with van der Waals surface area (Å²) in [5.41, 5.74) is 3.31. The Labute approximate surface area is 134 Å². The summed E-state index contributed by atoms with van der Waals surface area (Å²) < 4.78 is 4.95. The first-order valence-electron chi connectivity index (χ1n) is 7.24. The molecule has 1 aromatic heterocycles. The molecule has 0 spiro atoms. The summed E-state index contributed by atoms with van der Waals surface area (Å²) >= 11 is 0. The van der Waals surface area contributed by atoms with Gasteiger partial charge in [0.15, 0.2) is 0 Å². The first kappa shape index (κ1) is 16.4. The van der Waals surface area contributed by atoms with Gasteiger partial charge < -0.3 is 9.94 Å². The van der Waals surface area contributed by atoms with Crippen molar-refractivity contribution < 1.29 is 14.7 Å². The van der Waals surface area contributed by atoms with Crippen LogP contribution < -0.4 is 0 Å². The van der Waals surface area contributed by atoms with Crippen LogP contribution in [0, 0.1) is 0 Å². The summed E-state index contributed by atoms with van der Waals surface area (Å²) in [4.78, 5) is 15.6. The summed E-state index contributed by atoms with van der Waals surface area (Å²) in [5.74, 6) is -0.329. The molecule has 23 heavy (non-hydrogen) atoms. The predicted molar refractivity (Wildman–Crippen MR) is 88.4 cm³/mol. The molecular weight excluding hydrogens is 292 g/mol. The fraction of sp³-hybridized carbons (Fsp3) is 0.167. The fourth-order valence-electron chi connectivity index (χ4n) is 2.08. The molecule has 0 saturated heterocycles. The molecule has 0 bridgehead atoms. The van der Waals surface area contributed by atoms with Crippen molar-refractivity contribution in [3.05, 3.63) is 71.1 Å². The molecule has 2 rings (SSSR count). The minimum atomic E-state index is -0.329. The van der Waals surface area contributed by atoms with E-state index in [-0.39, 0.29) is 5.97 Å². The van der Waals surface area contributed by atoms with Gasteiger partial charge in [-0.05, 0) is 37.6 Å². The van der Waals surface area contributed by atoms with Crippen molar-refractivity contribution in [1.29, 1.82) is 0 Å². The third kappa shape index (κ3) is 4.26. The number of hydrogen-bond donors (Lipinski definition) is 1. The van der Waals surface area contributed by atoms with Gasteiger partial charge in [0.25, 0.3) is 0 Å². The number of carbonyl (C=O) groups is 1. The fourth-order valence-corrected chi connectivity index (χ4v) is 2.08. The average molecular weight is 310 g/mol. The molecule has 0 radical (unpaired) electrons. The van der Waals surface area contributed by atoms with Gasteiger partial charge in [0, 0.05) is 29.1 Å². The molecule has 1 N–H and O–H groups in total. The molecule has 0 amide bonds. The Morgan fingerprint density at radius 2 is 2.00 bits per heavy atom. The van der Waals surface area contributed by atoms with E-state index in [1.807, 2.05) is 30.3 Å². The number of hydrogen-bond acceptors (Lipinski definition) is 5. The lowest BCUT2D eigenvalue weighted by Gasteiger charge is -2.05. The van der Waals surface area contributed by atoms with E-state index >= 15 is 0 Å². The van der Waals surface area contributed by atoms with E-state index in [0.29, 0.717) is 17.9 Å². The van der Waals surface area contributed by atoms with Crippen molar-refractivity contribution in [2.45, 2.75) is 13.8 Å². The second-order valence-corrected chi connectivity index (χ2v) is 4.86. The zero-order valence-corrected chi connectivity index (χ0v) is 13.1. The molecule has 1 heterocycles. The maximum absolute atomic E-state index is 11.6. The Kier molecular flexibility index (Phi) is 5.63. The molecule has 0 saturated carbocycles. The van der Waals surface area contributed by atoms with Gasteiger partial charge in [-0.25, -0.2) is 4.79 Å². The Balaban J connectivity index is 2.22. The first-order chi connectivity index (χ1) is 11.2. The highest BCUT2D eigenvalue weighted by Crippen LogP contribution is 2.14. The van der Waals surface area contributed by atoms with Crippen molar-refractivity contribution in [2.75, 3.05) is 6.61 Å². The minimum Gasteiger partial charge on any atom is -0.463 e. The van der Waals surface area contributed by atoms with Crippen LogP contribution in [0.3, 0.4) is 0 Å². The highest BCUT2D eigenvalue weighted by atomic mass is 16.5. The summed E-state index contributed by atoms with van der Waals surface area (Å²) in [7, 11) is 0. The molecule has 5 nitrogen and oxygen atoms in total. The van der Waals surface area contributed by atoms with Gasteiger partial charge in [0.05, 0.1) is 6.61 Å². The molecule has 0 fully saturated rings. The number of oxime groups is 1. The van der Waals surface area contributed by atoms with Crippen LogP contribution in [-0.4, -0.2) is 28.5 Å². The summed E-state index contributed by atoms with van der Waals surface area (Å²) in [6.45, 7) is 3.83. The molecule has 0 atom stereocenters. The zero-order chi connectivity index (χ0) is 16.7. The van der Waals surface area contributed by atoms with Crippen LogP contribution >= 0.6 is 0 Å². The van der Waals surface area contributed by atoms with Crippen LogP contribution in [0.15, 0.2) is 59.5 Å². The second-order valence-electron chi connectivity index (χ2n) is 4.86. The van der Waals surface area contributed by atoms with Crippen molar-refractivity contribution in [3.63, 3.8) is 0 Å². The maximum atomic E-state index is 11.6. The third-order valence-corrected chi connectivity index (χ3v) is 3.20. The van der Waals surface area contributed by atoms with Gasteiger partial charge in [0.2, 0.25) is 0 Å². The second kappa shape index (κ2) is 7.89. The van der Waals surface area contributed by atoms with E-state index < -0.39 is 0 Å². The Morgan fingerprint density at radius 3 is 2.57 bits per heavy atom. The Hall–Kier alpha value is -2.95. The van der Waals surface area contributed by atoms with E-state index in [9.17, 15) is 10.0 Å². The number of pyridine rings is 1. The van der Waals surface area contributed by atoms with E-state index in [0.717, 1.165) is 16.7 Å². The first-order valence-corrected chi connectivity index (χ1v) is 7.24. The standard InChI is InChI=1S/C18H18N2O3/c1-3-23-18(21)13(2)11-14-6-8-15(9-7-14)17(20-22)16-5-4-10-19-12-16/h4-12,22H,3H2,1-2H3/b13-11+,20-17-. The van der Waals surface area contributed by atoms with Gasteiger partial charge in [-0.1, -0.05) is 29.4 Å². The molecule has 0 aliphatic heterocycles. The van der Waals surface area contributed by atoms with Crippen molar-refractivity contribution in [3.8, 4) is 0 Å². The van der Waals surface area contributed by atoms with E-state index in [2.05, 4.69) is 10.1 Å². The lowest BCUT2D eigenvalue weighted by atomic mass is 10.0. The largest absolute Gasteiger partial charge is 0.463 e. The highest BCUT2D eigenvalue weighted by molar-refractivity contribution is 6.12. The number of nitrogens with zero attached hydrogens (tertiary/aromatic N) is 2. The molecule has 0 unspecified atom stereocenters. The predicted octanol–water partition coefficient (Wildman–Crippen LogP) is 3.27. The van der Waals surface area contributed by atoms with Gasteiger partial charge in [-0.3, -0.25) is 4.98 Å². The van der Waals surface area contributed by atoms with Gasteiger partial charge in [-0.2, -0.15) is 0 Å². The van der Waals surface area contributed by atoms with Crippen molar-refractivity contribution in [2.24, 2.45) is 5.16 Å². The minimum absolute atomic E-state index is 0.329. The molecular formula is C18H18N2O3. The number of esters is 1.